The lowest BCUT2D eigenvalue weighted by molar-refractivity contribution is 0.0686. The van der Waals surface area contributed by atoms with Crippen LogP contribution < -0.4 is 20.1 Å². The second kappa shape index (κ2) is 15.1. The predicted octanol–water partition coefficient (Wildman–Crippen LogP) is 5.11. The van der Waals surface area contributed by atoms with Crippen molar-refractivity contribution < 1.29 is 39.5 Å². The highest BCUT2D eigenvalue weighted by molar-refractivity contribution is 5.94. The summed E-state index contributed by atoms with van der Waals surface area (Å²) >= 11 is 0. The van der Waals surface area contributed by atoms with Gasteiger partial charge in [-0.1, -0.05) is 62.4 Å². The van der Waals surface area contributed by atoms with Gasteiger partial charge in [0.1, 0.15) is 36.9 Å². The number of hydrogen-bond donors (Lipinski definition) is 6. The lowest BCUT2D eigenvalue weighted by atomic mass is 9.78. The van der Waals surface area contributed by atoms with Crippen LogP contribution in [0.2, 0.25) is 0 Å². The number of aliphatic hydroxyl groups excluding tert-OH is 2. The second-order valence-electron chi connectivity index (χ2n) is 11.1. The third-order valence-electron chi connectivity index (χ3n) is 7.41. The Balaban J connectivity index is 1.25. The van der Waals surface area contributed by atoms with Gasteiger partial charge < -0.3 is 40.5 Å². The molecule has 0 saturated carbocycles. The van der Waals surface area contributed by atoms with Crippen LogP contribution in [0, 0.1) is 0 Å². The largest absolute Gasteiger partial charge is 0.491 e. The van der Waals surface area contributed by atoms with Crippen LogP contribution in [-0.2, 0) is 5.41 Å². The van der Waals surface area contributed by atoms with Crippen LogP contribution in [0.15, 0.2) is 97.1 Å². The van der Waals surface area contributed by atoms with Crippen LogP contribution in [0.5, 0.6) is 11.5 Å². The van der Waals surface area contributed by atoms with Gasteiger partial charge >= 0.3 is 11.9 Å². The molecule has 0 radical (unpaired) electrons. The summed E-state index contributed by atoms with van der Waals surface area (Å²) in [5.74, 6) is -0.885. The Kier molecular flexibility index (Phi) is 11.0. The van der Waals surface area contributed by atoms with Crippen LogP contribution in [-0.4, -0.2) is 70.9 Å². The van der Waals surface area contributed by atoms with Gasteiger partial charge in [-0.3, -0.25) is 0 Å². The molecule has 2 atom stereocenters. The highest BCUT2D eigenvalue weighted by atomic mass is 16.5. The minimum atomic E-state index is -1.04. The van der Waals surface area contributed by atoms with E-state index >= 15 is 0 Å². The number of para-hydroxylation sites is 2. The first-order valence-corrected chi connectivity index (χ1v) is 14.5. The molecular weight excluding hydrogens is 576 g/mol. The molecule has 0 aliphatic heterocycles. The molecular formula is C35H38N2O8. The van der Waals surface area contributed by atoms with Gasteiger partial charge in [0, 0.05) is 29.9 Å². The highest BCUT2D eigenvalue weighted by Crippen LogP contribution is 2.33. The quantitative estimate of drug-likeness (QED) is 0.100. The molecule has 10 heteroatoms. The minimum Gasteiger partial charge on any atom is -0.491 e. The fourth-order valence-corrected chi connectivity index (χ4v) is 4.71. The van der Waals surface area contributed by atoms with Crippen molar-refractivity contribution in [2.75, 3.05) is 36.9 Å². The molecule has 4 aromatic rings. The number of nitrogens with one attached hydrogen (secondary N) is 2. The summed E-state index contributed by atoms with van der Waals surface area (Å²) in [6.07, 6.45) is -1.70. The van der Waals surface area contributed by atoms with Crippen molar-refractivity contribution in [1.29, 1.82) is 0 Å². The number of carboxylic acids is 2. The zero-order valence-electron chi connectivity index (χ0n) is 25.1. The Hall–Kier alpha value is -5.06. The summed E-state index contributed by atoms with van der Waals surface area (Å²) in [5.41, 5.74) is 2.91. The van der Waals surface area contributed by atoms with E-state index in [0.717, 1.165) is 11.1 Å². The maximum Gasteiger partial charge on any atom is 0.337 e. The molecule has 0 bridgehead atoms. The third-order valence-corrected chi connectivity index (χ3v) is 7.41. The zero-order valence-corrected chi connectivity index (χ0v) is 25.1. The maximum atomic E-state index is 11.4. The molecule has 10 nitrogen and oxygen atoms in total. The molecule has 4 rings (SSSR count). The van der Waals surface area contributed by atoms with Gasteiger partial charge in [-0.2, -0.15) is 0 Å². The molecule has 2 unspecified atom stereocenters. The Morgan fingerprint density at radius 1 is 0.622 bits per heavy atom. The molecule has 0 spiro atoms. The normalized spacial score (nSPS) is 12.5. The summed E-state index contributed by atoms with van der Waals surface area (Å²) in [4.78, 5) is 22.7. The number of benzene rings is 4. The Morgan fingerprint density at radius 3 is 1.33 bits per heavy atom. The van der Waals surface area contributed by atoms with E-state index < -0.39 is 24.1 Å². The van der Waals surface area contributed by atoms with E-state index in [1.54, 1.807) is 36.4 Å². The Labute approximate surface area is 261 Å². The summed E-state index contributed by atoms with van der Waals surface area (Å²) in [7, 11) is 0. The topological polar surface area (TPSA) is 158 Å². The van der Waals surface area contributed by atoms with Crippen molar-refractivity contribution in [3.8, 4) is 11.5 Å². The molecule has 0 aliphatic rings. The fourth-order valence-electron chi connectivity index (χ4n) is 4.71. The van der Waals surface area contributed by atoms with E-state index in [0.29, 0.717) is 22.9 Å². The van der Waals surface area contributed by atoms with Crippen LogP contribution in [0.4, 0.5) is 11.4 Å². The van der Waals surface area contributed by atoms with Crippen LogP contribution in [0.3, 0.4) is 0 Å². The van der Waals surface area contributed by atoms with Crippen LogP contribution in [0.1, 0.15) is 45.7 Å². The van der Waals surface area contributed by atoms with E-state index in [4.69, 9.17) is 9.47 Å². The number of aliphatic hydroxyl groups is 2. The van der Waals surface area contributed by atoms with Crippen molar-refractivity contribution >= 4 is 23.3 Å². The lowest BCUT2D eigenvalue weighted by Gasteiger charge is -2.26. The van der Waals surface area contributed by atoms with Crippen molar-refractivity contribution in [2.45, 2.75) is 31.5 Å². The van der Waals surface area contributed by atoms with Crippen LogP contribution >= 0.6 is 0 Å². The SMILES string of the molecule is CC(C)(c1ccc(OCC(O)CNc2ccccc2C(=O)O)cc1)c1ccc(OCC(O)CNc2ccccc2C(=O)O)cc1. The van der Waals surface area contributed by atoms with Crippen molar-refractivity contribution in [3.63, 3.8) is 0 Å². The van der Waals surface area contributed by atoms with E-state index in [1.165, 1.54) is 12.1 Å². The average molecular weight is 615 g/mol. The summed E-state index contributed by atoms with van der Waals surface area (Å²) in [6.45, 7) is 4.54. The molecule has 0 saturated heterocycles. The second-order valence-corrected chi connectivity index (χ2v) is 11.1. The average Bonchev–Trinajstić information content (AvgIpc) is 3.05. The fraction of sp³-hybridized carbons (Fsp3) is 0.257. The molecule has 0 aliphatic carbocycles. The van der Waals surface area contributed by atoms with E-state index in [-0.39, 0.29) is 42.8 Å². The number of carboxylic acid groups (broad SMARTS) is 2. The van der Waals surface area contributed by atoms with Gasteiger partial charge in [0.15, 0.2) is 0 Å². The highest BCUT2D eigenvalue weighted by Gasteiger charge is 2.23. The van der Waals surface area contributed by atoms with Gasteiger partial charge in [-0.15, -0.1) is 0 Å². The zero-order chi connectivity index (χ0) is 32.4. The minimum absolute atomic E-state index is 0.0346. The van der Waals surface area contributed by atoms with E-state index in [9.17, 15) is 30.0 Å². The molecule has 0 aromatic heterocycles. The van der Waals surface area contributed by atoms with E-state index in [1.807, 2.05) is 48.5 Å². The van der Waals surface area contributed by atoms with Gasteiger partial charge in [-0.05, 0) is 59.7 Å². The van der Waals surface area contributed by atoms with Gasteiger partial charge in [0.25, 0.3) is 0 Å². The number of ether oxygens (including phenoxy) is 2. The molecule has 0 fully saturated rings. The monoisotopic (exact) mass is 614 g/mol. The lowest BCUT2D eigenvalue weighted by Crippen LogP contribution is -2.27. The number of anilines is 2. The number of carbonyl (C=O) groups is 2. The van der Waals surface area contributed by atoms with Gasteiger partial charge in [0.05, 0.1) is 11.1 Å². The third kappa shape index (κ3) is 8.98. The first-order chi connectivity index (χ1) is 21.5. The molecule has 0 heterocycles. The van der Waals surface area contributed by atoms with Gasteiger partial charge in [-0.25, -0.2) is 9.59 Å². The molecule has 4 aromatic carbocycles. The molecule has 0 amide bonds. The summed E-state index contributed by atoms with van der Waals surface area (Å²) in [5, 5.41) is 45.2. The molecule has 6 N–H and O–H groups in total. The standard InChI is InChI=1S/C35H38N2O8/c1-35(2,23-11-15-27(16-12-23)44-21-25(38)19-36-31-9-5-3-7-29(31)33(40)41)24-13-17-28(18-14-24)45-22-26(39)20-37-32-10-6-4-8-30(32)34(42)43/h3-18,25-26,36-39H,19-22H2,1-2H3,(H,40,41)(H,42,43). The van der Waals surface area contributed by atoms with Crippen molar-refractivity contribution in [1.82, 2.24) is 0 Å². The van der Waals surface area contributed by atoms with Crippen LogP contribution in [0.25, 0.3) is 0 Å². The molecule has 45 heavy (non-hydrogen) atoms. The predicted molar refractivity (Wildman–Crippen MR) is 172 cm³/mol. The number of aromatic carboxylic acids is 2. The smallest absolute Gasteiger partial charge is 0.337 e. The maximum absolute atomic E-state index is 11.4. The van der Waals surface area contributed by atoms with Crippen molar-refractivity contribution in [3.05, 3.63) is 119 Å². The summed E-state index contributed by atoms with van der Waals surface area (Å²) in [6, 6.07) is 28.3. The van der Waals surface area contributed by atoms with E-state index in [2.05, 4.69) is 24.5 Å². The van der Waals surface area contributed by atoms with Crippen molar-refractivity contribution in [2.24, 2.45) is 0 Å². The number of rotatable bonds is 16. The Morgan fingerprint density at radius 2 is 0.978 bits per heavy atom. The summed E-state index contributed by atoms with van der Waals surface area (Å²) < 4.78 is 11.5. The van der Waals surface area contributed by atoms with Gasteiger partial charge in [0.2, 0.25) is 0 Å². The first kappa shape index (κ1) is 32.8. The number of hydrogen-bond acceptors (Lipinski definition) is 8. The first-order valence-electron chi connectivity index (χ1n) is 14.5. The molecule has 236 valence electrons. The Bertz CT molecular complexity index is 1450.